The van der Waals surface area contributed by atoms with Crippen molar-refractivity contribution in [3.05, 3.63) is 29.8 Å². The molecule has 14 heavy (non-hydrogen) atoms. The van der Waals surface area contributed by atoms with Crippen LogP contribution in [0.15, 0.2) is 24.3 Å². The van der Waals surface area contributed by atoms with E-state index < -0.39 is 0 Å². The van der Waals surface area contributed by atoms with E-state index >= 15 is 0 Å². The Morgan fingerprint density at radius 1 is 1.50 bits per heavy atom. The summed E-state index contributed by atoms with van der Waals surface area (Å²) in [5, 5.41) is 8.88. The summed E-state index contributed by atoms with van der Waals surface area (Å²) in [6.45, 7) is 0. The van der Waals surface area contributed by atoms with Crippen molar-refractivity contribution >= 4 is 27.5 Å². The Bertz CT molecular complexity index is 367. The number of carbonyl (C=O) groups is 1. The summed E-state index contributed by atoms with van der Waals surface area (Å²) in [6.07, 6.45) is 0. The van der Waals surface area contributed by atoms with E-state index in [-0.39, 0.29) is 5.91 Å². The fourth-order valence-electron chi connectivity index (χ4n) is 0.993. The van der Waals surface area contributed by atoms with Crippen molar-refractivity contribution in [1.29, 1.82) is 5.26 Å². The third-order valence-electron chi connectivity index (χ3n) is 1.87. The van der Waals surface area contributed by atoms with Gasteiger partial charge in [-0.2, -0.15) is 5.26 Å². The van der Waals surface area contributed by atoms with Crippen LogP contribution in [0.25, 0.3) is 0 Å². The summed E-state index contributed by atoms with van der Waals surface area (Å²) in [4.78, 5) is 12.8. The van der Waals surface area contributed by atoms with Gasteiger partial charge in [-0.3, -0.25) is 4.79 Å². The van der Waals surface area contributed by atoms with Crippen LogP contribution in [0.3, 0.4) is 0 Å². The van der Waals surface area contributed by atoms with Gasteiger partial charge >= 0.3 is 0 Å². The number of benzene rings is 1. The van der Waals surface area contributed by atoms with Crippen LogP contribution in [-0.4, -0.2) is 18.3 Å². The summed E-state index contributed by atoms with van der Waals surface area (Å²) < 4.78 is 0. The molecular weight excluding hydrogens is 244 g/mol. The molecule has 0 heterocycles. The van der Waals surface area contributed by atoms with Gasteiger partial charge < -0.3 is 4.90 Å². The van der Waals surface area contributed by atoms with E-state index in [1.807, 2.05) is 6.07 Å². The SMILES string of the molecule is CN(C(=O)CBr)c1ccc(C#N)cc1. The molecule has 0 unspecified atom stereocenters. The van der Waals surface area contributed by atoms with Crippen molar-refractivity contribution in [2.75, 3.05) is 17.3 Å². The highest BCUT2D eigenvalue weighted by molar-refractivity contribution is 9.09. The van der Waals surface area contributed by atoms with Gasteiger partial charge in [0.25, 0.3) is 0 Å². The molecule has 0 N–H and O–H groups in total. The molecular formula is C10H9BrN2O. The molecule has 1 rings (SSSR count). The van der Waals surface area contributed by atoms with E-state index in [0.29, 0.717) is 10.9 Å². The number of amides is 1. The number of carbonyl (C=O) groups excluding carboxylic acids is 1. The monoisotopic (exact) mass is 252 g/mol. The molecule has 0 aromatic heterocycles. The average molecular weight is 253 g/mol. The Labute approximate surface area is 91.1 Å². The van der Waals surface area contributed by atoms with Gasteiger partial charge in [0.1, 0.15) is 0 Å². The van der Waals surface area contributed by atoms with Gasteiger partial charge in [-0.15, -0.1) is 0 Å². The molecule has 1 aromatic rings. The van der Waals surface area contributed by atoms with Crippen molar-refractivity contribution in [3.8, 4) is 6.07 Å². The molecule has 1 amide bonds. The van der Waals surface area contributed by atoms with Gasteiger partial charge in [-0.1, -0.05) is 15.9 Å². The van der Waals surface area contributed by atoms with Crippen molar-refractivity contribution in [1.82, 2.24) is 0 Å². The topological polar surface area (TPSA) is 44.1 Å². The number of alkyl halides is 1. The molecule has 3 nitrogen and oxygen atoms in total. The van der Waals surface area contributed by atoms with E-state index in [1.165, 1.54) is 4.90 Å². The van der Waals surface area contributed by atoms with Crippen LogP contribution in [0.5, 0.6) is 0 Å². The van der Waals surface area contributed by atoms with E-state index in [9.17, 15) is 4.79 Å². The Balaban J connectivity index is 2.88. The normalized spacial score (nSPS) is 9.21. The fourth-order valence-corrected chi connectivity index (χ4v) is 1.37. The number of rotatable bonds is 2. The first-order chi connectivity index (χ1) is 6.69. The lowest BCUT2D eigenvalue weighted by Crippen LogP contribution is -2.26. The molecule has 1 aromatic carbocycles. The van der Waals surface area contributed by atoms with Crippen molar-refractivity contribution < 1.29 is 4.79 Å². The van der Waals surface area contributed by atoms with E-state index in [1.54, 1.807) is 31.3 Å². The molecule has 0 fully saturated rings. The van der Waals surface area contributed by atoms with E-state index in [4.69, 9.17) is 5.26 Å². The first-order valence-electron chi connectivity index (χ1n) is 4.01. The molecule has 0 aliphatic heterocycles. The van der Waals surface area contributed by atoms with Crippen LogP contribution in [0.4, 0.5) is 5.69 Å². The Hall–Kier alpha value is -1.34. The van der Waals surface area contributed by atoms with E-state index in [2.05, 4.69) is 15.9 Å². The summed E-state index contributed by atoms with van der Waals surface area (Å²) in [7, 11) is 1.70. The minimum absolute atomic E-state index is 0.0188. The van der Waals surface area contributed by atoms with Gasteiger partial charge in [-0.25, -0.2) is 0 Å². The Kier molecular flexibility index (Phi) is 3.66. The predicted octanol–water partition coefficient (Wildman–Crippen LogP) is 1.92. The number of anilines is 1. The number of hydrogen-bond acceptors (Lipinski definition) is 2. The lowest BCUT2D eigenvalue weighted by molar-refractivity contribution is -0.115. The number of nitriles is 1. The minimum atomic E-state index is -0.0188. The third kappa shape index (κ3) is 2.33. The van der Waals surface area contributed by atoms with Crippen molar-refractivity contribution in [3.63, 3.8) is 0 Å². The van der Waals surface area contributed by atoms with Crippen LogP contribution >= 0.6 is 15.9 Å². The Morgan fingerprint density at radius 2 is 2.07 bits per heavy atom. The van der Waals surface area contributed by atoms with Crippen LogP contribution in [-0.2, 0) is 4.79 Å². The zero-order valence-corrected chi connectivity index (χ0v) is 9.28. The van der Waals surface area contributed by atoms with Gasteiger partial charge in [0.2, 0.25) is 5.91 Å². The van der Waals surface area contributed by atoms with Gasteiger partial charge in [0.05, 0.1) is 17.0 Å². The van der Waals surface area contributed by atoms with Crippen LogP contribution in [0.1, 0.15) is 5.56 Å². The zero-order valence-electron chi connectivity index (χ0n) is 7.70. The first-order valence-corrected chi connectivity index (χ1v) is 5.14. The standard InChI is InChI=1S/C10H9BrN2O/c1-13(10(14)6-11)9-4-2-8(7-12)3-5-9/h2-5H,6H2,1H3. The summed E-state index contributed by atoms with van der Waals surface area (Å²) >= 11 is 3.10. The maximum atomic E-state index is 11.3. The third-order valence-corrected chi connectivity index (χ3v) is 2.35. The molecule has 4 heteroatoms. The smallest absolute Gasteiger partial charge is 0.237 e. The quantitative estimate of drug-likeness (QED) is 0.756. The highest BCUT2D eigenvalue weighted by atomic mass is 79.9. The maximum Gasteiger partial charge on any atom is 0.237 e. The molecule has 0 aliphatic carbocycles. The van der Waals surface area contributed by atoms with Crippen LogP contribution in [0, 0.1) is 11.3 Å². The second-order valence-corrected chi connectivity index (χ2v) is 3.31. The minimum Gasteiger partial charge on any atom is -0.315 e. The molecule has 0 saturated carbocycles. The number of halogens is 1. The lowest BCUT2D eigenvalue weighted by Gasteiger charge is -2.15. The molecule has 72 valence electrons. The molecule has 0 aliphatic rings. The Morgan fingerprint density at radius 3 is 2.50 bits per heavy atom. The van der Waals surface area contributed by atoms with Crippen molar-refractivity contribution in [2.45, 2.75) is 0 Å². The summed E-state index contributed by atoms with van der Waals surface area (Å²) in [5.74, 6) is -0.0188. The zero-order chi connectivity index (χ0) is 10.6. The van der Waals surface area contributed by atoms with Gasteiger partial charge in [0.15, 0.2) is 0 Å². The second-order valence-electron chi connectivity index (χ2n) is 2.75. The van der Waals surface area contributed by atoms with E-state index in [0.717, 1.165) is 5.69 Å². The van der Waals surface area contributed by atoms with Crippen LogP contribution in [0.2, 0.25) is 0 Å². The highest BCUT2D eigenvalue weighted by Crippen LogP contribution is 2.13. The molecule has 0 spiro atoms. The largest absolute Gasteiger partial charge is 0.315 e. The second kappa shape index (κ2) is 4.77. The van der Waals surface area contributed by atoms with Crippen molar-refractivity contribution in [2.24, 2.45) is 0 Å². The average Bonchev–Trinajstić information content (AvgIpc) is 2.27. The van der Waals surface area contributed by atoms with Gasteiger partial charge in [-0.05, 0) is 24.3 Å². The number of hydrogen-bond donors (Lipinski definition) is 0. The summed E-state index contributed by atoms with van der Waals surface area (Å²) in [5.41, 5.74) is 1.38. The molecule has 0 radical (unpaired) electrons. The molecule has 0 bridgehead atoms. The predicted molar refractivity (Wildman–Crippen MR) is 58.4 cm³/mol. The fraction of sp³-hybridized carbons (Fsp3) is 0.200. The number of nitrogens with zero attached hydrogens (tertiary/aromatic N) is 2. The van der Waals surface area contributed by atoms with Gasteiger partial charge in [0, 0.05) is 12.7 Å². The van der Waals surface area contributed by atoms with Crippen LogP contribution < -0.4 is 4.90 Å². The highest BCUT2D eigenvalue weighted by Gasteiger charge is 2.08. The maximum absolute atomic E-state index is 11.3. The molecule has 0 atom stereocenters. The summed E-state index contributed by atoms with van der Waals surface area (Å²) in [6, 6.07) is 8.90. The lowest BCUT2D eigenvalue weighted by atomic mass is 10.2. The molecule has 0 saturated heterocycles. The first kappa shape index (κ1) is 10.7.